The molecule has 0 N–H and O–H groups in total. The van der Waals surface area contributed by atoms with Gasteiger partial charge in [-0.05, 0) is 55.7 Å². The van der Waals surface area contributed by atoms with Crippen molar-refractivity contribution in [2.24, 2.45) is 0 Å². The molecule has 0 aliphatic carbocycles. The lowest BCUT2D eigenvalue weighted by atomic mass is 10.0. The van der Waals surface area contributed by atoms with Crippen molar-refractivity contribution in [1.82, 2.24) is 30.0 Å². The van der Waals surface area contributed by atoms with Crippen molar-refractivity contribution in [1.29, 1.82) is 0 Å². The molecule has 7 nitrogen and oxygen atoms in total. The number of aromatic nitrogens is 6. The van der Waals surface area contributed by atoms with Gasteiger partial charge in [0, 0.05) is 0 Å². The number of para-hydroxylation sites is 3. The molecule has 0 saturated carbocycles. The number of halogens is 1. The molecule has 0 unspecified atom stereocenters. The highest BCUT2D eigenvalue weighted by molar-refractivity contribution is 6.33. The third-order valence-corrected chi connectivity index (χ3v) is 6.34. The number of piperidine rings is 1. The molecule has 6 rings (SSSR count). The van der Waals surface area contributed by atoms with Crippen molar-refractivity contribution in [2.45, 2.75) is 31.6 Å². The zero-order valence-corrected chi connectivity index (χ0v) is 17.5. The second kappa shape index (κ2) is 7.35. The number of fused-ring (bicyclic) bond motifs is 2. The summed E-state index contributed by atoms with van der Waals surface area (Å²) in [5.74, 6) is 0. The highest BCUT2D eigenvalue weighted by Crippen LogP contribution is 2.43. The molecule has 5 aromatic rings. The summed E-state index contributed by atoms with van der Waals surface area (Å²) < 4.78 is 4.04. The summed E-state index contributed by atoms with van der Waals surface area (Å²) in [6.07, 6.45) is 2.80. The molecule has 3 aromatic carbocycles. The first-order valence-corrected chi connectivity index (χ1v) is 10.8. The van der Waals surface area contributed by atoms with Gasteiger partial charge in [0.1, 0.15) is 23.4 Å². The van der Waals surface area contributed by atoms with E-state index in [4.69, 9.17) is 11.6 Å². The van der Waals surface area contributed by atoms with Gasteiger partial charge in [-0.2, -0.15) is 0 Å². The van der Waals surface area contributed by atoms with Crippen molar-refractivity contribution in [3.63, 3.8) is 0 Å². The van der Waals surface area contributed by atoms with Gasteiger partial charge in [-0.1, -0.05) is 58.4 Å². The predicted octanol–water partition coefficient (Wildman–Crippen LogP) is 5.22. The normalized spacial score (nSPS) is 19.3. The van der Waals surface area contributed by atoms with Crippen molar-refractivity contribution < 1.29 is 0 Å². The highest BCUT2D eigenvalue weighted by atomic mass is 35.5. The molecule has 1 saturated heterocycles. The molecule has 0 amide bonds. The quantitative estimate of drug-likeness (QED) is 0.393. The molecule has 3 heterocycles. The van der Waals surface area contributed by atoms with Crippen molar-refractivity contribution in [3.8, 4) is 0 Å². The molecular formula is C23H20ClN7. The summed E-state index contributed by atoms with van der Waals surface area (Å²) in [7, 11) is 0. The van der Waals surface area contributed by atoms with Crippen LogP contribution in [-0.4, -0.2) is 30.0 Å². The van der Waals surface area contributed by atoms with Crippen molar-refractivity contribution >= 4 is 39.4 Å². The van der Waals surface area contributed by atoms with Gasteiger partial charge < -0.3 is 4.90 Å². The highest BCUT2D eigenvalue weighted by Gasteiger charge is 2.36. The van der Waals surface area contributed by atoms with E-state index in [1.807, 2.05) is 64.0 Å². The second-order valence-electron chi connectivity index (χ2n) is 7.80. The Morgan fingerprint density at radius 3 is 1.77 bits per heavy atom. The number of rotatable bonds is 3. The lowest BCUT2D eigenvalue weighted by molar-refractivity contribution is 0.247. The van der Waals surface area contributed by atoms with E-state index in [9.17, 15) is 0 Å². The first-order valence-electron chi connectivity index (χ1n) is 10.4. The smallest absolute Gasteiger partial charge is 0.127 e. The maximum Gasteiger partial charge on any atom is 0.127 e. The van der Waals surface area contributed by atoms with E-state index in [1.165, 1.54) is 0 Å². The largest absolute Gasteiger partial charge is 0.326 e. The zero-order chi connectivity index (χ0) is 20.8. The third kappa shape index (κ3) is 2.96. The summed E-state index contributed by atoms with van der Waals surface area (Å²) in [6.45, 7) is 0. The van der Waals surface area contributed by atoms with Gasteiger partial charge in [0.2, 0.25) is 0 Å². The van der Waals surface area contributed by atoms with E-state index < -0.39 is 0 Å². The number of hydrogen-bond acceptors (Lipinski definition) is 5. The first-order chi connectivity index (χ1) is 15.3. The standard InChI is InChI=1S/C23H20ClN7/c24-16-8-1-4-11-19(16)29-22(30-20-12-5-2-9-17(20)25-27-30)14-7-15-23(29)31-21-13-6-3-10-18(21)26-28-31/h1-6,8-13,22-23H,7,14-15H2/t22-,23-/m0/s1. The lowest BCUT2D eigenvalue weighted by Crippen LogP contribution is -2.43. The van der Waals surface area contributed by atoms with Crippen LogP contribution in [0.25, 0.3) is 22.1 Å². The maximum atomic E-state index is 6.72. The lowest BCUT2D eigenvalue weighted by Gasteiger charge is -2.43. The van der Waals surface area contributed by atoms with E-state index in [0.29, 0.717) is 5.02 Å². The van der Waals surface area contributed by atoms with Crippen molar-refractivity contribution in [2.75, 3.05) is 4.90 Å². The van der Waals surface area contributed by atoms with Crippen LogP contribution in [0.2, 0.25) is 5.02 Å². The van der Waals surface area contributed by atoms with E-state index in [0.717, 1.165) is 47.0 Å². The predicted molar refractivity (Wildman–Crippen MR) is 121 cm³/mol. The summed E-state index contributed by atoms with van der Waals surface area (Å²) in [5.41, 5.74) is 4.74. The van der Waals surface area contributed by atoms with Crippen molar-refractivity contribution in [3.05, 3.63) is 77.8 Å². The van der Waals surface area contributed by atoms with Gasteiger partial charge in [-0.3, -0.25) is 0 Å². The summed E-state index contributed by atoms with van der Waals surface area (Å²) in [4.78, 5) is 2.33. The van der Waals surface area contributed by atoms with Gasteiger partial charge in [0.25, 0.3) is 0 Å². The van der Waals surface area contributed by atoms with Crippen LogP contribution < -0.4 is 4.90 Å². The number of nitrogens with zero attached hydrogens (tertiary/aromatic N) is 7. The minimum Gasteiger partial charge on any atom is -0.326 e. The van der Waals surface area contributed by atoms with Gasteiger partial charge in [0.15, 0.2) is 0 Å². The number of hydrogen-bond donors (Lipinski definition) is 0. The van der Waals surface area contributed by atoms with E-state index in [1.54, 1.807) is 0 Å². The Bertz CT molecular complexity index is 1290. The molecule has 0 bridgehead atoms. The fourth-order valence-electron chi connectivity index (χ4n) is 4.64. The Balaban J connectivity index is 1.55. The van der Waals surface area contributed by atoms with Gasteiger partial charge in [-0.15, -0.1) is 10.2 Å². The molecular weight excluding hydrogens is 410 g/mol. The fourth-order valence-corrected chi connectivity index (χ4v) is 4.87. The number of anilines is 1. The Labute approximate surface area is 183 Å². The molecule has 154 valence electrons. The molecule has 31 heavy (non-hydrogen) atoms. The Morgan fingerprint density at radius 1 is 0.677 bits per heavy atom. The Morgan fingerprint density at radius 2 is 1.19 bits per heavy atom. The molecule has 1 aliphatic heterocycles. The molecule has 0 radical (unpaired) electrons. The third-order valence-electron chi connectivity index (χ3n) is 6.02. The summed E-state index contributed by atoms with van der Waals surface area (Å²) in [6, 6.07) is 24.1. The molecule has 2 atom stereocenters. The van der Waals surface area contributed by atoms with E-state index >= 15 is 0 Å². The van der Waals surface area contributed by atoms with Crippen LogP contribution >= 0.6 is 11.6 Å². The molecule has 1 aliphatic rings. The molecule has 1 fully saturated rings. The molecule has 8 heteroatoms. The van der Waals surface area contributed by atoms with Crippen LogP contribution in [0.4, 0.5) is 5.69 Å². The summed E-state index contributed by atoms with van der Waals surface area (Å²) >= 11 is 6.72. The average Bonchev–Trinajstić information content (AvgIpc) is 3.44. The number of benzene rings is 3. The zero-order valence-electron chi connectivity index (χ0n) is 16.7. The maximum absolute atomic E-state index is 6.72. The minimum atomic E-state index is -0.0472. The topological polar surface area (TPSA) is 64.7 Å². The first kappa shape index (κ1) is 18.3. The van der Waals surface area contributed by atoms with Crippen LogP contribution in [0.5, 0.6) is 0 Å². The molecule has 2 aromatic heterocycles. The van der Waals surface area contributed by atoms with Crippen LogP contribution in [0.3, 0.4) is 0 Å². The van der Waals surface area contributed by atoms with E-state index in [2.05, 4.69) is 43.7 Å². The molecule has 0 spiro atoms. The Hall–Kier alpha value is -3.45. The van der Waals surface area contributed by atoms with Gasteiger partial charge >= 0.3 is 0 Å². The van der Waals surface area contributed by atoms with Gasteiger partial charge in [-0.25, -0.2) is 9.36 Å². The van der Waals surface area contributed by atoms with Crippen LogP contribution in [-0.2, 0) is 0 Å². The fraction of sp³-hybridized carbons (Fsp3) is 0.217. The summed E-state index contributed by atoms with van der Waals surface area (Å²) in [5, 5.41) is 18.6. The van der Waals surface area contributed by atoms with Crippen LogP contribution in [0, 0.1) is 0 Å². The SMILES string of the molecule is Clc1ccccc1N1[C@@H](n2nnc3ccccc32)CCC[C@@H]1n1nnc2ccccc21. The minimum absolute atomic E-state index is 0.0472. The van der Waals surface area contributed by atoms with Gasteiger partial charge in [0.05, 0.1) is 21.7 Å². The van der Waals surface area contributed by atoms with Crippen LogP contribution in [0.1, 0.15) is 31.6 Å². The monoisotopic (exact) mass is 429 g/mol. The van der Waals surface area contributed by atoms with E-state index in [-0.39, 0.29) is 12.3 Å². The second-order valence-corrected chi connectivity index (χ2v) is 8.20. The average molecular weight is 430 g/mol. The Kier molecular flexibility index (Phi) is 4.35. The van der Waals surface area contributed by atoms with Crippen LogP contribution in [0.15, 0.2) is 72.8 Å².